The molecule has 1 aromatic carbocycles. The highest BCUT2D eigenvalue weighted by atomic mass is 16.3. The monoisotopic (exact) mass is 340 g/mol. The maximum absolute atomic E-state index is 9.27. The molecule has 1 N–H and O–H groups in total. The third-order valence-corrected chi connectivity index (χ3v) is 5.28. The minimum atomic E-state index is -0.0544. The number of fused-ring (bicyclic) bond motifs is 1. The summed E-state index contributed by atoms with van der Waals surface area (Å²) in [6, 6.07) is 8.27. The summed E-state index contributed by atoms with van der Waals surface area (Å²) in [5, 5.41) is 17.6. The number of hydrogen-bond acceptors (Lipinski definition) is 5. The van der Waals surface area contributed by atoms with Crippen LogP contribution in [0.5, 0.6) is 0 Å². The fourth-order valence-electron chi connectivity index (χ4n) is 3.72. The molecule has 0 radical (unpaired) electrons. The van der Waals surface area contributed by atoms with Crippen molar-refractivity contribution in [2.45, 2.75) is 31.9 Å². The van der Waals surface area contributed by atoms with Gasteiger partial charge in [-0.2, -0.15) is 0 Å². The summed E-state index contributed by atoms with van der Waals surface area (Å²) in [7, 11) is 1.94. The Hall–Kier alpha value is -2.25. The Bertz CT molecular complexity index is 846. The van der Waals surface area contributed by atoms with Crippen molar-refractivity contribution >= 4 is 11.0 Å². The Morgan fingerprint density at radius 3 is 2.68 bits per heavy atom. The second-order valence-electron chi connectivity index (χ2n) is 6.73. The fourth-order valence-corrected chi connectivity index (χ4v) is 3.72. The maximum atomic E-state index is 9.27. The van der Waals surface area contributed by atoms with Gasteiger partial charge < -0.3 is 19.1 Å². The van der Waals surface area contributed by atoms with E-state index in [0.29, 0.717) is 11.7 Å². The van der Waals surface area contributed by atoms with Crippen LogP contribution in [0.15, 0.2) is 30.6 Å². The normalized spacial score (nSPS) is 16.7. The number of piperidine rings is 1. The van der Waals surface area contributed by atoms with Crippen LogP contribution in [0.25, 0.3) is 11.0 Å². The van der Waals surface area contributed by atoms with E-state index in [2.05, 4.69) is 42.8 Å². The first kappa shape index (κ1) is 16.2. The molecule has 7 nitrogen and oxygen atoms in total. The molecule has 0 spiro atoms. The van der Waals surface area contributed by atoms with Crippen molar-refractivity contribution in [2.75, 3.05) is 19.6 Å². The number of aliphatic hydroxyl groups is 1. The zero-order valence-corrected chi connectivity index (χ0v) is 14.5. The van der Waals surface area contributed by atoms with E-state index in [1.54, 1.807) is 0 Å². The number of aromatic nitrogens is 5. The number of likely N-dealkylation sites (tertiary alicyclic amines) is 1. The third-order valence-electron chi connectivity index (χ3n) is 5.28. The van der Waals surface area contributed by atoms with Gasteiger partial charge in [0.1, 0.15) is 12.4 Å². The minimum absolute atomic E-state index is 0.0544. The molecule has 1 saturated heterocycles. The number of nitrogens with zero attached hydrogens (tertiary/aromatic N) is 6. The molecule has 132 valence electrons. The van der Waals surface area contributed by atoms with Crippen LogP contribution in [0.2, 0.25) is 0 Å². The van der Waals surface area contributed by atoms with Gasteiger partial charge in [-0.3, -0.25) is 0 Å². The van der Waals surface area contributed by atoms with Crippen LogP contribution in [-0.2, 0) is 20.2 Å². The fraction of sp³-hybridized carbons (Fsp3) is 0.500. The van der Waals surface area contributed by atoms with Gasteiger partial charge in [0, 0.05) is 26.1 Å². The zero-order chi connectivity index (χ0) is 17.2. The van der Waals surface area contributed by atoms with E-state index in [1.807, 2.05) is 24.0 Å². The molecule has 3 heterocycles. The predicted octanol–water partition coefficient (Wildman–Crippen LogP) is 1.54. The van der Waals surface area contributed by atoms with E-state index >= 15 is 0 Å². The minimum Gasteiger partial charge on any atom is -0.388 e. The average molecular weight is 340 g/mol. The van der Waals surface area contributed by atoms with Gasteiger partial charge in [-0.1, -0.05) is 12.1 Å². The molecule has 25 heavy (non-hydrogen) atoms. The van der Waals surface area contributed by atoms with Crippen LogP contribution in [-0.4, -0.2) is 54.0 Å². The van der Waals surface area contributed by atoms with E-state index in [4.69, 9.17) is 0 Å². The van der Waals surface area contributed by atoms with Crippen molar-refractivity contribution in [3.63, 3.8) is 0 Å². The highest BCUT2D eigenvalue weighted by Crippen LogP contribution is 2.26. The van der Waals surface area contributed by atoms with Crippen LogP contribution in [0, 0.1) is 0 Å². The molecule has 7 heteroatoms. The Balaban J connectivity index is 1.34. The molecule has 4 rings (SSSR count). The largest absolute Gasteiger partial charge is 0.388 e. The quantitative estimate of drug-likeness (QED) is 0.763. The Morgan fingerprint density at radius 1 is 1.12 bits per heavy atom. The molecule has 1 aliphatic rings. The van der Waals surface area contributed by atoms with Gasteiger partial charge in [-0.15, -0.1) is 10.2 Å². The van der Waals surface area contributed by atoms with E-state index in [9.17, 15) is 5.11 Å². The second-order valence-corrected chi connectivity index (χ2v) is 6.73. The van der Waals surface area contributed by atoms with Crippen molar-refractivity contribution in [3.8, 4) is 0 Å². The summed E-state index contributed by atoms with van der Waals surface area (Å²) in [6.07, 6.45) is 4.11. The molecular weight excluding hydrogens is 316 g/mol. The Kier molecular flexibility index (Phi) is 4.50. The lowest BCUT2D eigenvalue weighted by molar-refractivity contribution is 0.201. The average Bonchev–Trinajstić information content (AvgIpc) is 3.24. The van der Waals surface area contributed by atoms with Crippen LogP contribution in [0.4, 0.5) is 0 Å². The summed E-state index contributed by atoms with van der Waals surface area (Å²) >= 11 is 0. The predicted molar refractivity (Wildman–Crippen MR) is 95.1 cm³/mol. The van der Waals surface area contributed by atoms with Gasteiger partial charge in [-0.05, 0) is 38.1 Å². The van der Waals surface area contributed by atoms with Gasteiger partial charge in [-0.25, -0.2) is 4.98 Å². The molecule has 3 aromatic rings. The summed E-state index contributed by atoms with van der Waals surface area (Å²) in [4.78, 5) is 6.97. The Labute approximate surface area is 146 Å². The van der Waals surface area contributed by atoms with Gasteiger partial charge in [0.15, 0.2) is 5.82 Å². The second kappa shape index (κ2) is 6.93. The lowest BCUT2D eigenvalue weighted by atomic mass is 9.96. The van der Waals surface area contributed by atoms with Crippen LogP contribution in [0.3, 0.4) is 0 Å². The molecule has 2 aromatic heterocycles. The summed E-state index contributed by atoms with van der Waals surface area (Å²) in [5.74, 6) is 2.08. The zero-order valence-electron chi connectivity index (χ0n) is 14.5. The standard InChI is InChI=1S/C18H24N6O/c1-22-17(12-25)20-21-18(22)14-6-8-23(9-7-14)10-11-24-13-19-15-4-2-3-5-16(15)24/h2-5,13-14,25H,6-12H2,1H3. The first-order valence-corrected chi connectivity index (χ1v) is 8.87. The van der Waals surface area contributed by atoms with Gasteiger partial charge >= 0.3 is 0 Å². The van der Waals surface area contributed by atoms with E-state index < -0.39 is 0 Å². The van der Waals surface area contributed by atoms with E-state index in [1.165, 1.54) is 5.52 Å². The molecular formula is C18H24N6O. The lowest BCUT2D eigenvalue weighted by Crippen LogP contribution is -2.35. The Morgan fingerprint density at radius 2 is 1.92 bits per heavy atom. The number of aliphatic hydroxyl groups excluding tert-OH is 1. The molecule has 0 unspecified atom stereocenters. The number of hydrogen-bond donors (Lipinski definition) is 1. The van der Waals surface area contributed by atoms with Crippen LogP contribution < -0.4 is 0 Å². The molecule has 0 atom stereocenters. The van der Waals surface area contributed by atoms with Crippen molar-refractivity contribution in [3.05, 3.63) is 42.2 Å². The SMILES string of the molecule is Cn1c(CO)nnc1C1CCN(CCn2cnc3ccccc32)CC1. The van der Waals surface area contributed by atoms with Crippen molar-refractivity contribution < 1.29 is 5.11 Å². The molecule has 1 aliphatic heterocycles. The van der Waals surface area contributed by atoms with Gasteiger partial charge in [0.2, 0.25) is 0 Å². The van der Waals surface area contributed by atoms with Crippen LogP contribution in [0.1, 0.15) is 30.4 Å². The summed E-state index contributed by atoms with van der Waals surface area (Å²) in [6.45, 7) is 4.08. The third kappa shape index (κ3) is 3.17. The number of imidazole rings is 1. The van der Waals surface area contributed by atoms with Gasteiger partial charge in [0.05, 0.1) is 17.4 Å². The topological polar surface area (TPSA) is 72.0 Å². The molecule has 0 amide bonds. The van der Waals surface area contributed by atoms with Crippen LogP contribution >= 0.6 is 0 Å². The van der Waals surface area contributed by atoms with Crippen molar-refractivity contribution in [1.82, 2.24) is 29.2 Å². The van der Waals surface area contributed by atoms with Gasteiger partial charge in [0.25, 0.3) is 0 Å². The molecule has 1 fully saturated rings. The summed E-state index contributed by atoms with van der Waals surface area (Å²) < 4.78 is 4.18. The molecule has 0 aliphatic carbocycles. The first-order valence-electron chi connectivity index (χ1n) is 8.87. The number of benzene rings is 1. The summed E-state index contributed by atoms with van der Waals surface area (Å²) in [5.41, 5.74) is 2.26. The highest BCUT2D eigenvalue weighted by molar-refractivity contribution is 5.74. The maximum Gasteiger partial charge on any atom is 0.158 e. The number of para-hydroxylation sites is 2. The lowest BCUT2D eigenvalue weighted by Gasteiger charge is -2.31. The smallest absolute Gasteiger partial charge is 0.158 e. The van der Waals surface area contributed by atoms with Crippen molar-refractivity contribution in [1.29, 1.82) is 0 Å². The first-order chi connectivity index (χ1) is 12.3. The molecule has 0 bridgehead atoms. The van der Waals surface area contributed by atoms with E-state index in [0.717, 1.165) is 50.4 Å². The van der Waals surface area contributed by atoms with Crippen molar-refractivity contribution in [2.24, 2.45) is 7.05 Å². The number of rotatable bonds is 5. The highest BCUT2D eigenvalue weighted by Gasteiger charge is 2.24. The van der Waals surface area contributed by atoms with E-state index in [-0.39, 0.29) is 6.61 Å². The molecule has 0 saturated carbocycles.